The molecule has 1 aliphatic heterocycles. The topological polar surface area (TPSA) is 45.7 Å². The van der Waals surface area contributed by atoms with Crippen molar-refractivity contribution in [3.63, 3.8) is 0 Å². The second kappa shape index (κ2) is 6.15. The van der Waals surface area contributed by atoms with Crippen LogP contribution in [0.2, 0.25) is 0 Å². The summed E-state index contributed by atoms with van der Waals surface area (Å²) in [5, 5.41) is 7.33. The Morgan fingerprint density at radius 2 is 1.81 bits per heavy atom. The lowest BCUT2D eigenvalue weighted by atomic mass is 9.55. The van der Waals surface area contributed by atoms with Crippen molar-refractivity contribution in [3.8, 4) is 0 Å². The van der Waals surface area contributed by atoms with Crippen molar-refractivity contribution in [2.45, 2.75) is 77.0 Å². The van der Waals surface area contributed by atoms with Crippen LogP contribution in [-0.4, -0.2) is 37.8 Å². The standard InChI is InChI=1S/C17H31N3O/c1-17(2)14(13-10-7-11-21-15(13)17)20-16(18-3)19-12-8-5-4-6-9-12/h12-15H,4-11H2,1-3H3,(H2,18,19,20). The predicted octanol–water partition coefficient (Wildman–Crippen LogP) is 2.69. The Kier molecular flexibility index (Phi) is 4.43. The van der Waals surface area contributed by atoms with E-state index < -0.39 is 0 Å². The van der Waals surface area contributed by atoms with Crippen LogP contribution in [0.3, 0.4) is 0 Å². The minimum absolute atomic E-state index is 0.204. The van der Waals surface area contributed by atoms with Crippen LogP contribution in [-0.2, 0) is 4.74 Å². The summed E-state index contributed by atoms with van der Waals surface area (Å²) in [6.07, 6.45) is 9.56. The third-order valence-corrected chi connectivity index (χ3v) is 5.79. The first-order chi connectivity index (χ1) is 10.1. The second-order valence-corrected chi connectivity index (χ2v) is 7.59. The molecule has 3 atom stereocenters. The largest absolute Gasteiger partial charge is 0.377 e. The molecule has 3 fully saturated rings. The van der Waals surface area contributed by atoms with Gasteiger partial charge in [-0.25, -0.2) is 0 Å². The average molecular weight is 293 g/mol. The van der Waals surface area contributed by atoms with Crippen molar-refractivity contribution < 1.29 is 4.74 Å². The molecule has 0 aromatic heterocycles. The van der Waals surface area contributed by atoms with E-state index in [0.717, 1.165) is 12.6 Å². The Labute approximate surface area is 129 Å². The smallest absolute Gasteiger partial charge is 0.191 e. The van der Waals surface area contributed by atoms with Crippen molar-refractivity contribution >= 4 is 5.96 Å². The van der Waals surface area contributed by atoms with E-state index >= 15 is 0 Å². The molecule has 2 saturated carbocycles. The summed E-state index contributed by atoms with van der Waals surface area (Å²) in [5.74, 6) is 1.64. The molecule has 3 aliphatic rings. The number of rotatable bonds is 2. The van der Waals surface area contributed by atoms with Crippen molar-refractivity contribution in [1.82, 2.24) is 10.6 Å². The summed E-state index contributed by atoms with van der Waals surface area (Å²) < 4.78 is 5.99. The van der Waals surface area contributed by atoms with Crippen molar-refractivity contribution in [2.75, 3.05) is 13.7 Å². The molecule has 1 heterocycles. The van der Waals surface area contributed by atoms with Crippen LogP contribution < -0.4 is 10.6 Å². The molecule has 1 saturated heterocycles. The maximum atomic E-state index is 5.99. The van der Waals surface area contributed by atoms with Crippen molar-refractivity contribution in [3.05, 3.63) is 0 Å². The molecule has 2 N–H and O–H groups in total. The fourth-order valence-electron chi connectivity index (χ4n) is 4.57. The molecule has 0 spiro atoms. The molecule has 21 heavy (non-hydrogen) atoms. The Morgan fingerprint density at radius 3 is 2.52 bits per heavy atom. The number of aliphatic imine (C=N–C) groups is 1. The highest BCUT2D eigenvalue weighted by Crippen LogP contribution is 2.51. The number of fused-ring (bicyclic) bond motifs is 1. The van der Waals surface area contributed by atoms with Gasteiger partial charge in [0.15, 0.2) is 5.96 Å². The van der Waals surface area contributed by atoms with Crippen LogP contribution in [0, 0.1) is 11.3 Å². The lowest BCUT2D eigenvalue weighted by molar-refractivity contribution is -0.188. The monoisotopic (exact) mass is 293 g/mol. The number of nitrogens with zero attached hydrogens (tertiary/aromatic N) is 1. The third kappa shape index (κ3) is 2.92. The molecular formula is C17H31N3O. The normalized spacial score (nSPS) is 36.5. The zero-order valence-corrected chi connectivity index (χ0v) is 13.8. The average Bonchev–Trinajstić information content (AvgIpc) is 2.52. The van der Waals surface area contributed by atoms with Gasteiger partial charge in [-0.1, -0.05) is 33.1 Å². The first-order valence-electron chi connectivity index (χ1n) is 8.74. The maximum absolute atomic E-state index is 5.99. The zero-order chi connectivity index (χ0) is 14.9. The molecule has 3 unspecified atom stereocenters. The van der Waals surface area contributed by atoms with E-state index in [0.29, 0.717) is 24.1 Å². The summed E-state index contributed by atoms with van der Waals surface area (Å²) in [6.45, 7) is 5.59. The lowest BCUT2D eigenvalue weighted by Gasteiger charge is -2.60. The molecule has 0 radical (unpaired) electrons. The van der Waals surface area contributed by atoms with Gasteiger partial charge in [0, 0.05) is 37.1 Å². The van der Waals surface area contributed by atoms with E-state index in [2.05, 4.69) is 29.5 Å². The van der Waals surface area contributed by atoms with Crippen LogP contribution >= 0.6 is 0 Å². The van der Waals surface area contributed by atoms with Gasteiger partial charge in [-0.3, -0.25) is 4.99 Å². The van der Waals surface area contributed by atoms with Crippen LogP contribution in [0.15, 0.2) is 4.99 Å². The van der Waals surface area contributed by atoms with Gasteiger partial charge in [-0.2, -0.15) is 0 Å². The summed E-state index contributed by atoms with van der Waals surface area (Å²) in [7, 11) is 1.89. The highest BCUT2D eigenvalue weighted by atomic mass is 16.5. The minimum Gasteiger partial charge on any atom is -0.377 e. The first-order valence-corrected chi connectivity index (χ1v) is 8.74. The van der Waals surface area contributed by atoms with Crippen LogP contribution in [0.25, 0.3) is 0 Å². The molecule has 0 amide bonds. The van der Waals surface area contributed by atoms with E-state index in [1.54, 1.807) is 0 Å². The van der Waals surface area contributed by atoms with Crippen LogP contribution in [0.5, 0.6) is 0 Å². The van der Waals surface area contributed by atoms with Crippen LogP contribution in [0.1, 0.15) is 58.8 Å². The molecule has 120 valence electrons. The number of hydrogen-bond acceptors (Lipinski definition) is 2. The molecule has 4 heteroatoms. The first kappa shape index (κ1) is 15.1. The van der Waals surface area contributed by atoms with Crippen molar-refractivity contribution in [1.29, 1.82) is 0 Å². The Hall–Kier alpha value is -0.770. The number of nitrogens with one attached hydrogen (secondary N) is 2. The molecule has 4 nitrogen and oxygen atoms in total. The zero-order valence-electron chi connectivity index (χ0n) is 13.8. The maximum Gasteiger partial charge on any atom is 0.191 e. The van der Waals surface area contributed by atoms with E-state index in [-0.39, 0.29) is 5.41 Å². The minimum atomic E-state index is 0.204. The van der Waals surface area contributed by atoms with Gasteiger partial charge in [0.05, 0.1) is 6.10 Å². The molecule has 0 aromatic carbocycles. The summed E-state index contributed by atoms with van der Waals surface area (Å²) in [4.78, 5) is 4.46. The Bertz CT molecular complexity index is 387. The van der Waals surface area contributed by atoms with Gasteiger partial charge in [0.2, 0.25) is 0 Å². The third-order valence-electron chi connectivity index (χ3n) is 5.79. The van der Waals surface area contributed by atoms with Crippen LogP contribution in [0.4, 0.5) is 0 Å². The van der Waals surface area contributed by atoms with E-state index in [9.17, 15) is 0 Å². The lowest BCUT2D eigenvalue weighted by Crippen LogP contribution is -2.71. The molecule has 0 bridgehead atoms. The number of guanidine groups is 1. The Morgan fingerprint density at radius 1 is 1.05 bits per heavy atom. The molecular weight excluding hydrogens is 262 g/mol. The second-order valence-electron chi connectivity index (χ2n) is 7.59. The van der Waals surface area contributed by atoms with E-state index in [1.807, 2.05) is 7.05 Å². The summed E-state index contributed by atoms with van der Waals surface area (Å²) in [5.41, 5.74) is 0.204. The molecule has 0 aromatic rings. The summed E-state index contributed by atoms with van der Waals surface area (Å²) in [6, 6.07) is 1.09. The van der Waals surface area contributed by atoms with Gasteiger partial charge >= 0.3 is 0 Å². The quantitative estimate of drug-likeness (QED) is 0.608. The molecule has 3 rings (SSSR count). The van der Waals surface area contributed by atoms with Gasteiger partial charge in [-0.15, -0.1) is 0 Å². The van der Waals surface area contributed by atoms with Crippen molar-refractivity contribution in [2.24, 2.45) is 16.3 Å². The van der Waals surface area contributed by atoms with E-state index in [4.69, 9.17) is 4.74 Å². The van der Waals surface area contributed by atoms with Gasteiger partial charge in [0.1, 0.15) is 0 Å². The predicted molar refractivity (Wildman–Crippen MR) is 86.5 cm³/mol. The van der Waals surface area contributed by atoms with E-state index in [1.165, 1.54) is 44.9 Å². The highest BCUT2D eigenvalue weighted by Gasteiger charge is 2.58. The SMILES string of the molecule is CN=C(NC1CCCCC1)NC1C2CCCOC2C1(C)C. The van der Waals surface area contributed by atoms with Gasteiger partial charge in [-0.05, 0) is 25.7 Å². The summed E-state index contributed by atoms with van der Waals surface area (Å²) >= 11 is 0. The van der Waals surface area contributed by atoms with Gasteiger partial charge < -0.3 is 15.4 Å². The Balaban J connectivity index is 1.58. The fraction of sp³-hybridized carbons (Fsp3) is 0.941. The number of hydrogen-bond donors (Lipinski definition) is 2. The van der Waals surface area contributed by atoms with Gasteiger partial charge in [0.25, 0.3) is 0 Å². The highest BCUT2D eigenvalue weighted by molar-refractivity contribution is 5.80. The molecule has 2 aliphatic carbocycles. The fourth-order valence-corrected chi connectivity index (χ4v) is 4.57. The number of ether oxygens (including phenoxy) is 1.